The van der Waals surface area contributed by atoms with Crippen LogP contribution in [0, 0.1) is 5.92 Å². The van der Waals surface area contributed by atoms with E-state index >= 15 is 0 Å². The number of carbonyl (C=O) groups excluding carboxylic acids is 1. The molecule has 3 unspecified atom stereocenters. The Morgan fingerprint density at radius 1 is 1.17 bits per heavy atom. The molecule has 3 atom stereocenters. The highest BCUT2D eigenvalue weighted by Gasteiger charge is 2.45. The third kappa shape index (κ3) is 3.65. The first-order valence-corrected chi connectivity index (χ1v) is 9.38. The molecule has 1 heterocycles. The maximum atomic E-state index is 12.8. The maximum absolute atomic E-state index is 12.8. The highest BCUT2D eigenvalue weighted by Crippen LogP contribution is 2.35. The van der Waals surface area contributed by atoms with Crippen LogP contribution in [0.25, 0.3) is 0 Å². The van der Waals surface area contributed by atoms with E-state index in [1.807, 2.05) is 23.1 Å². The summed E-state index contributed by atoms with van der Waals surface area (Å²) in [5.41, 5.74) is 1.22. The monoisotopic (exact) mass is 329 g/mol. The molecule has 0 N–H and O–H groups in total. The Bertz CT molecular complexity index is 557. The number of rotatable bonds is 6. The van der Waals surface area contributed by atoms with Gasteiger partial charge in [0.25, 0.3) is 0 Å². The Labute approximate surface area is 144 Å². The van der Waals surface area contributed by atoms with Gasteiger partial charge >= 0.3 is 0 Å². The lowest BCUT2D eigenvalue weighted by Gasteiger charge is -2.31. The van der Waals surface area contributed by atoms with Crippen LogP contribution in [0.5, 0.6) is 0 Å². The molecule has 4 heteroatoms. The van der Waals surface area contributed by atoms with Gasteiger partial charge in [0, 0.05) is 19.6 Å². The van der Waals surface area contributed by atoms with Crippen molar-refractivity contribution >= 4 is 5.91 Å². The fraction of sp³-hybridized carbons (Fsp3) is 0.650. The number of aryl methyl sites for hydroxylation is 1. The average Bonchev–Trinajstić information content (AvgIpc) is 3.36. The van der Waals surface area contributed by atoms with Crippen LogP contribution in [0.4, 0.5) is 0 Å². The van der Waals surface area contributed by atoms with E-state index in [4.69, 9.17) is 9.47 Å². The lowest BCUT2D eigenvalue weighted by molar-refractivity contribution is -0.136. The molecular formula is C20H27NO3. The van der Waals surface area contributed by atoms with Gasteiger partial charge in [-0.3, -0.25) is 4.79 Å². The zero-order chi connectivity index (χ0) is 16.4. The van der Waals surface area contributed by atoms with E-state index in [1.54, 1.807) is 0 Å². The average molecular weight is 329 g/mol. The van der Waals surface area contributed by atoms with E-state index in [1.165, 1.54) is 18.4 Å². The molecule has 4 rings (SSSR count). The second-order valence-electron chi connectivity index (χ2n) is 7.37. The predicted octanol–water partition coefficient (Wildman–Crippen LogP) is 2.80. The number of ether oxygens (including phenoxy) is 2. The summed E-state index contributed by atoms with van der Waals surface area (Å²) in [6, 6.07) is 10.5. The van der Waals surface area contributed by atoms with E-state index in [9.17, 15) is 4.79 Å². The lowest BCUT2D eigenvalue weighted by atomic mass is 10.1. The first-order chi connectivity index (χ1) is 11.8. The summed E-state index contributed by atoms with van der Waals surface area (Å²) in [6.07, 6.45) is 6.25. The zero-order valence-electron chi connectivity index (χ0n) is 14.2. The smallest absolute Gasteiger partial charge is 0.223 e. The Morgan fingerprint density at radius 2 is 2.00 bits per heavy atom. The van der Waals surface area contributed by atoms with Crippen LogP contribution in [0.3, 0.4) is 0 Å². The first kappa shape index (κ1) is 16.1. The summed E-state index contributed by atoms with van der Waals surface area (Å²) in [5.74, 6) is 0.991. The van der Waals surface area contributed by atoms with Crippen LogP contribution in [0.2, 0.25) is 0 Å². The van der Waals surface area contributed by atoms with E-state index < -0.39 is 0 Å². The summed E-state index contributed by atoms with van der Waals surface area (Å²) in [6.45, 7) is 2.19. The molecule has 1 aromatic rings. The van der Waals surface area contributed by atoms with Crippen molar-refractivity contribution in [1.29, 1.82) is 0 Å². The van der Waals surface area contributed by atoms with Crippen molar-refractivity contribution in [2.45, 2.75) is 56.8 Å². The molecule has 24 heavy (non-hydrogen) atoms. The number of hydrogen-bond donors (Lipinski definition) is 0. The second kappa shape index (κ2) is 7.24. The Balaban J connectivity index is 1.38. The minimum atomic E-state index is 0.0776. The highest BCUT2D eigenvalue weighted by molar-refractivity contribution is 5.77. The van der Waals surface area contributed by atoms with Crippen molar-refractivity contribution in [3.8, 4) is 0 Å². The van der Waals surface area contributed by atoms with E-state index in [2.05, 4.69) is 12.1 Å². The standard InChI is InChI=1S/C20H27NO3/c22-19(11-8-15-4-2-1-3-5-15)21-12-13-23-18-10-9-17(21)20(18)24-14-16-6-7-16/h1-5,16-18,20H,6-14H2. The van der Waals surface area contributed by atoms with Gasteiger partial charge in [-0.15, -0.1) is 0 Å². The van der Waals surface area contributed by atoms with E-state index in [0.717, 1.165) is 31.8 Å². The molecule has 0 aromatic heterocycles. The van der Waals surface area contributed by atoms with E-state index in [0.29, 0.717) is 19.6 Å². The normalized spacial score (nSPS) is 29.5. The summed E-state index contributed by atoms with van der Waals surface area (Å²) < 4.78 is 12.2. The van der Waals surface area contributed by atoms with Crippen LogP contribution in [-0.2, 0) is 20.7 Å². The molecule has 3 fully saturated rings. The lowest BCUT2D eigenvalue weighted by Crippen LogP contribution is -2.46. The molecule has 130 valence electrons. The molecule has 0 radical (unpaired) electrons. The van der Waals surface area contributed by atoms with Gasteiger partial charge in [0.2, 0.25) is 5.91 Å². The number of fused-ring (bicyclic) bond motifs is 2. The van der Waals surface area contributed by atoms with Gasteiger partial charge in [-0.2, -0.15) is 0 Å². The number of benzene rings is 1. The van der Waals surface area contributed by atoms with Crippen LogP contribution < -0.4 is 0 Å². The fourth-order valence-corrected chi connectivity index (χ4v) is 3.99. The molecule has 3 aliphatic rings. The number of nitrogens with zero attached hydrogens (tertiary/aromatic N) is 1. The molecule has 2 saturated carbocycles. The molecule has 4 nitrogen and oxygen atoms in total. The van der Waals surface area contributed by atoms with Gasteiger partial charge in [-0.25, -0.2) is 0 Å². The summed E-state index contributed by atoms with van der Waals surface area (Å²) in [7, 11) is 0. The highest BCUT2D eigenvalue weighted by atomic mass is 16.5. The third-order valence-electron chi connectivity index (χ3n) is 5.57. The predicted molar refractivity (Wildman–Crippen MR) is 91.7 cm³/mol. The number of hydrogen-bond acceptors (Lipinski definition) is 3. The van der Waals surface area contributed by atoms with Crippen molar-refractivity contribution in [1.82, 2.24) is 4.90 Å². The van der Waals surface area contributed by atoms with Gasteiger partial charge in [0.1, 0.15) is 6.10 Å². The first-order valence-electron chi connectivity index (χ1n) is 9.38. The summed E-state index contributed by atoms with van der Waals surface area (Å²) in [5, 5.41) is 0. The van der Waals surface area contributed by atoms with Gasteiger partial charge in [0.15, 0.2) is 0 Å². The largest absolute Gasteiger partial charge is 0.374 e. The molecule has 1 aliphatic heterocycles. The minimum absolute atomic E-state index is 0.0776. The molecule has 2 aliphatic carbocycles. The Kier molecular flexibility index (Phi) is 4.86. The fourth-order valence-electron chi connectivity index (χ4n) is 3.99. The van der Waals surface area contributed by atoms with Crippen molar-refractivity contribution in [3.63, 3.8) is 0 Å². The third-order valence-corrected chi connectivity index (χ3v) is 5.57. The van der Waals surface area contributed by atoms with Gasteiger partial charge in [-0.1, -0.05) is 30.3 Å². The van der Waals surface area contributed by atoms with Gasteiger partial charge in [-0.05, 0) is 43.6 Å². The van der Waals surface area contributed by atoms with Crippen molar-refractivity contribution < 1.29 is 14.3 Å². The molecule has 2 bridgehead atoms. The zero-order valence-corrected chi connectivity index (χ0v) is 14.2. The molecular weight excluding hydrogens is 302 g/mol. The van der Waals surface area contributed by atoms with Crippen LogP contribution in [-0.4, -0.2) is 48.8 Å². The number of carbonyl (C=O) groups is 1. The van der Waals surface area contributed by atoms with Crippen LogP contribution in [0.1, 0.15) is 37.7 Å². The Morgan fingerprint density at radius 3 is 2.79 bits per heavy atom. The van der Waals surface area contributed by atoms with Crippen molar-refractivity contribution in [2.24, 2.45) is 5.92 Å². The second-order valence-corrected chi connectivity index (χ2v) is 7.37. The summed E-state index contributed by atoms with van der Waals surface area (Å²) >= 11 is 0. The number of amides is 1. The minimum Gasteiger partial charge on any atom is -0.374 e. The van der Waals surface area contributed by atoms with Crippen molar-refractivity contribution in [2.75, 3.05) is 19.8 Å². The topological polar surface area (TPSA) is 38.8 Å². The molecule has 0 spiro atoms. The SMILES string of the molecule is O=C(CCc1ccccc1)N1CCOC2CCC1C2OCC1CC1. The summed E-state index contributed by atoms with van der Waals surface area (Å²) in [4.78, 5) is 14.9. The molecule has 1 amide bonds. The van der Waals surface area contributed by atoms with Crippen LogP contribution >= 0.6 is 0 Å². The molecule has 1 saturated heterocycles. The van der Waals surface area contributed by atoms with E-state index in [-0.39, 0.29) is 24.2 Å². The maximum Gasteiger partial charge on any atom is 0.223 e. The van der Waals surface area contributed by atoms with Gasteiger partial charge in [0.05, 0.1) is 18.8 Å². The van der Waals surface area contributed by atoms with Crippen LogP contribution in [0.15, 0.2) is 30.3 Å². The van der Waals surface area contributed by atoms with Gasteiger partial charge < -0.3 is 14.4 Å². The quantitative estimate of drug-likeness (QED) is 0.805. The van der Waals surface area contributed by atoms with Crippen molar-refractivity contribution in [3.05, 3.63) is 35.9 Å². The molecule has 1 aromatic carbocycles. The Hall–Kier alpha value is -1.39.